The van der Waals surface area contributed by atoms with Gasteiger partial charge in [0, 0.05) is 18.7 Å². The number of carbonyl (C=O) groups excluding carboxylic acids is 1. The molecule has 1 N–H and O–H groups in total. The Kier molecular flexibility index (Phi) is 6.30. The Morgan fingerprint density at radius 2 is 1.74 bits per heavy atom. The Morgan fingerprint density at radius 3 is 2.44 bits per heavy atom. The van der Waals surface area contributed by atoms with Crippen molar-refractivity contribution in [3.05, 3.63) is 57.0 Å². The summed E-state index contributed by atoms with van der Waals surface area (Å²) in [5.74, 6) is -0.533. The van der Waals surface area contributed by atoms with Crippen molar-refractivity contribution in [2.75, 3.05) is 31.6 Å². The van der Waals surface area contributed by atoms with Crippen molar-refractivity contribution >= 4 is 56.4 Å². The molecule has 0 aliphatic carbocycles. The van der Waals surface area contributed by atoms with Crippen LogP contribution >= 0.6 is 34.8 Å². The van der Waals surface area contributed by atoms with Gasteiger partial charge in [0.05, 0.1) is 34.0 Å². The zero-order chi connectivity index (χ0) is 19.6. The number of morpholine rings is 1. The van der Waals surface area contributed by atoms with Crippen LogP contribution in [0.15, 0.2) is 41.3 Å². The molecular formula is C17H15Cl3N2O4S. The van der Waals surface area contributed by atoms with Gasteiger partial charge in [0.2, 0.25) is 10.0 Å². The van der Waals surface area contributed by atoms with E-state index < -0.39 is 15.9 Å². The van der Waals surface area contributed by atoms with Gasteiger partial charge in [0.1, 0.15) is 4.90 Å². The number of rotatable bonds is 4. The average Bonchev–Trinajstić information content (AvgIpc) is 2.66. The Hall–Kier alpha value is -1.35. The summed E-state index contributed by atoms with van der Waals surface area (Å²) >= 11 is 18.1. The van der Waals surface area contributed by atoms with Gasteiger partial charge in [0.25, 0.3) is 5.91 Å². The molecule has 1 amide bonds. The number of amides is 1. The van der Waals surface area contributed by atoms with Crippen LogP contribution in [-0.2, 0) is 14.8 Å². The smallest absolute Gasteiger partial charge is 0.255 e. The third-order valence-corrected chi connectivity index (χ3v) is 7.18. The highest BCUT2D eigenvalue weighted by molar-refractivity contribution is 7.89. The van der Waals surface area contributed by atoms with E-state index in [0.29, 0.717) is 23.9 Å². The molecule has 0 spiro atoms. The Labute approximate surface area is 172 Å². The second-order valence-corrected chi connectivity index (χ2v) is 8.82. The second kappa shape index (κ2) is 8.34. The molecule has 0 bridgehead atoms. The monoisotopic (exact) mass is 448 g/mol. The quantitative estimate of drug-likeness (QED) is 0.767. The maximum absolute atomic E-state index is 12.9. The molecular weight excluding hydrogens is 435 g/mol. The fourth-order valence-electron chi connectivity index (χ4n) is 2.56. The molecule has 0 aromatic heterocycles. The Bertz CT molecular complexity index is 976. The van der Waals surface area contributed by atoms with E-state index in [1.807, 2.05) is 0 Å². The predicted molar refractivity (Wildman–Crippen MR) is 105 cm³/mol. The van der Waals surface area contributed by atoms with Crippen LogP contribution in [0.1, 0.15) is 10.4 Å². The number of hydrogen-bond acceptors (Lipinski definition) is 4. The lowest BCUT2D eigenvalue weighted by atomic mass is 10.2. The number of carbonyl (C=O) groups is 1. The summed E-state index contributed by atoms with van der Waals surface area (Å²) in [6.07, 6.45) is 0. The van der Waals surface area contributed by atoms with Crippen LogP contribution < -0.4 is 5.32 Å². The summed E-state index contributed by atoms with van der Waals surface area (Å²) in [7, 11) is -3.84. The molecule has 3 rings (SSSR count). The van der Waals surface area contributed by atoms with Crippen molar-refractivity contribution in [3.63, 3.8) is 0 Å². The zero-order valence-corrected chi connectivity index (χ0v) is 17.0. The molecule has 144 valence electrons. The minimum Gasteiger partial charge on any atom is -0.379 e. The number of hydrogen-bond donors (Lipinski definition) is 1. The third kappa shape index (κ3) is 4.39. The maximum Gasteiger partial charge on any atom is 0.255 e. The molecule has 27 heavy (non-hydrogen) atoms. The summed E-state index contributed by atoms with van der Waals surface area (Å²) in [6, 6.07) is 8.89. The van der Waals surface area contributed by atoms with Crippen LogP contribution in [0.4, 0.5) is 5.69 Å². The molecule has 0 atom stereocenters. The number of nitrogens with one attached hydrogen (secondary N) is 1. The molecule has 1 saturated heterocycles. The SMILES string of the molecule is O=C(Nc1cccc(Cl)c1Cl)c1ccc(Cl)c(S(=O)(=O)N2CCOCC2)c1. The van der Waals surface area contributed by atoms with Crippen molar-refractivity contribution in [2.24, 2.45) is 0 Å². The van der Waals surface area contributed by atoms with E-state index in [2.05, 4.69) is 5.32 Å². The highest BCUT2D eigenvalue weighted by atomic mass is 35.5. The van der Waals surface area contributed by atoms with Crippen molar-refractivity contribution in [1.29, 1.82) is 0 Å². The molecule has 1 fully saturated rings. The van der Waals surface area contributed by atoms with E-state index in [4.69, 9.17) is 39.5 Å². The Morgan fingerprint density at radius 1 is 1.04 bits per heavy atom. The normalized spacial score (nSPS) is 15.5. The van der Waals surface area contributed by atoms with E-state index >= 15 is 0 Å². The van der Waals surface area contributed by atoms with E-state index in [1.54, 1.807) is 18.2 Å². The highest BCUT2D eigenvalue weighted by Crippen LogP contribution is 2.31. The molecule has 6 nitrogen and oxygen atoms in total. The lowest BCUT2D eigenvalue weighted by molar-refractivity contribution is 0.0730. The average molecular weight is 450 g/mol. The minimum atomic E-state index is -3.84. The Balaban J connectivity index is 1.90. The first-order chi connectivity index (χ1) is 12.8. The van der Waals surface area contributed by atoms with E-state index in [0.717, 1.165) is 0 Å². The lowest BCUT2D eigenvalue weighted by Crippen LogP contribution is -2.40. The first-order valence-corrected chi connectivity index (χ1v) is 10.5. The molecule has 0 radical (unpaired) electrons. The summed E-state index contributed by atoms with van der Waals surface area (Å²) in [4.78, 5) is 12.4. The number of ether oxygens (including phenoxy) is 1. The fourth-order valence-corrected chi connectivity index (χ4v) is 4.82. The van der Waals surface area contributed by atoms with Gasteiger partial charge in [-0.2, -0.15) is 4.31 Å². The summed E-state index contributed by atoms with van der Waals surface area (Å²) in [5, 5.41) is 3.15. The van der Waals surface area contributed by atoms with Crippen LogP contribution in [0.25, 0.3) is 0 Å². The van der Waals surface area contributed by atoms with Gasteiger partial charge in [-0.25, -0.2) is 8.42 Å². The number of nitrogens with zero attached hydrogens (tertiary/aromatic N) is 1. The van der Waals surface area contributed by atoms with Gasteiger partial charge in [-0.15, -0.1) is 0 Å². The van der Waals surface area contributed by atoms with Gasteiger partial charge in [0.15, 0.2) is 0 Å². The van der Waals surface area contributed by atoms with Crippen molar-refractivity contribution in [3.8, 4) is 0 Å². The van der Waals surface area contributed by atoms with E-state index in [-0.39, 0.29) is 33.6 Å². The fraction of sp³-hybridized carbons (Fsp3) is 0.235. The molecule has 10 heteroatoms. The van der Waals surface area contributed by atoms with E-state index in [9.17, 15) is 13.2 Å². The minimum absolute atomic E-state index is 0.0406. The highest BCUT2D eigenvalue weighted by Gasteiger charge is 2.29. The second-order valence-electron chi connectivity index (χ2n) is 5.72. The van der Waals surface area contributed by atoms with Crippen LogP contribution in [0, 0.1) is 0 Å². The number of anilines is 1. The summed E-state index contributed by atoms with van der Waals surface area (Å²) in [5.41, 5.74) is 0.448. The van der Waals surface area contributed by atoms with Gasteiger partial charge < -0.3 is 10.1 Å². The summed E-state index contributed by atoms with van der Waals surface area (Å²) < 4.78 is 32.2. The topological polar surface area (TPSA) is 75.7 Å². The van der Waals surface area contributed by atoms with Crippen molar-refractivity contribution < 1.29 is 17.9 Å². The van der Waals surface area contributed by atoms with Gasteiger partial charge >= 0.3 is 0 Å². The molecule has 1 aliphatic rings. The number of halogens is 3. The van der Waals surface area contributed by atoms with Crippen LogP contribution in [0.2, 0.25) is 15.1 Å². The molecule has 1 aliphatic heterocycles. The molecule has 1 heterocycles. The number of benzene rings is 2. The van der Waals surface area contributed by atoms with Crippen molar-refractivity contribution in [1.82, 2.24) is 4.31 Å². The van der Waals surface area contributed by atoms with Gasteiger partial charge in [-0.05, 0) is 30.3 Å². The van der Waals surface area contributed by atoms with Crippen LogP contribution in [0.3, 0.4) is 0 Å². The van der Waals surface area contributed by atoms with Gasteiger partial charge in [-0.3, -0.25) is 4.79 Å². The molecule has 0 unspecified atom stereocenters. The maximum atomic E-state index is 12.9. The standard InChI is InChI=1S/C17H15Cl3N2O4S/c18-12-5-4-11(17(23)21-14-3-1-2-13(19)16(14)20)10-15(12)27(24,25)22-6-8-26-9-7-22/h1-5,10H,6-9H2,(H,21,23). The predicted octanol–water partition coefficient (Wildman–Crippen LogP) is 3.92. The lowest BCUT2D eigenvalue weighted by Gasteiger charge is -2.26. The molecule has 2 aromatic rings. The zero-order valence-electron chi connectivity index (χ0n) is 13.9. The number of sulfonamides is 1. The molecule has 0 saturated carbocycles. The largest absolute Gasteiger partial charge is 0.379 e. The first-order valence-electron chi connectivity index (χ1n) is 7.93. The molecule has 2 aromatic carbocycles. The van der Waals surface area contributed by atoms with Crippen molar-refractivity contribution in [2.45, 2.75) is 4.90 Å². The first kappa shape index (κ1) is 20.4. The van der Waals surface area contributed by atoms with Crippen LogP contribution in [0.5, 0.6) is 0 Å². The van der Waals surface area contributed by atoms with Gasteiger partial charge in [-0.1, -0.05) is 40.9 Å². The third-order valence-electron chi connectivity index (χ3n) is 3.98. The van der Waals surface area contributed by atoms with Crippen LogP contribution in [-0.4, -0.2) is 44.9 Å². The summed E-state index contributed by atoms with van der Waals surface area (Å²) in [6.45, 7) is 1.08. The van der Waals surface area contributed by atoms with E-state index in [1.165, 1.54) is 22.5 Å².